The molecule has 0 N–H and O–H groups in total. The minimum absolute atomic E-state index is 0.0618. The molecule has 6 nitrogen and oxygen atoms in total. The van der Waals surface area contributed by atoms with Gasteiger partial charge in [-0.15, -0.1) is 0 Å². The minimum Gasteiger partial charge on any atom is -0.462 e. The van der Waals surface area contributed by atoms with Gasteiger partial charge in [0.1, 0.15) is 13.2 Å². The van der Waals surface area contributed by atoms with Crippen molar-refractivity contribution in [3.63, 3.8) is 0 Å². The predicted molar refractivity (Wildman–Crippen MR) is 307 cm³/mol. The molecule has 0 aromatic carbocycles. The maximum atomic E-state index is 12.9. The molecule has 0 saturated carbocycles. The quantitative estimate of drug-likeness (QED) is 0.0343. The highest BCUT2D eigenvalue weighted by Gasteiger charge is 2.19. The SMILES string of the molecule is CCCCCCCCCCCCCCCCCCC(=O)O[C@@H](COC(=O)CCCCCCCCCCCCCCCCCCCCC(C)CC)COC(=O)CCCCCCCCCCCCCCC(C)C. The standard InChI is InChI=1S/C65H126O6/c1-6-8-9-10-11-12-13-14-15-21-25-32-37-42-47-52-57-65(68)71-62(59-70-64(67)56-51-46-41-36-31-27-26-28-33-38-43-48-53-60(3)4)58-69-63(66)55-50-45-40-35-30-24-22-19-17-16-18-20-23-29-34-39-44-49-54-61(5)7-2/h60-62H,6-59H2,1-5H3/t61?,62-/m0/s1. The lowest BCUT2D eigenvalue weighted by atomic mass is 9.99. The average molecular weight is 1000 g/mol. The lowest BCUT2D eigenvalue weighted by molar-refractivity contribution is -0.167. The summed E-state index contributed by atoms with van der Waals surface area (Å²) in [6, 6.07) is 0. The second kappa shape index (κ2) is 57.7. The third-order valence-electron chi connectivity index (χ3n) is 15.3. The van der Waals surface area contributed by atoms with Crippen molar-refractivity contribution in [1.82, 2.24) is 0 Å². The van der Waals surface area contributed by atoms with Crippen molar-refractivity contribution in [2.45, 2.75) is 375 Å². The Morgan fingerprint density at radius 1 is 0.296 bits per heavy atom. The van der Waals surface area contributed by atoms with E-state index >= 15 is 0 Å². The Morgan fingerprint density at radius 2 is 0.535 bits per heavy atom. The van der Waals surface area contributed by atoms with Crippen molar-refractivity contribution in [2.24, 2.45) is 11.8 Å². The zero-order chi connectivity index (χ0) is 51.8. The van der Waals surface area contributed by atoms with Crippen molar-refractivity contribution < 1.29 is 28.6 Å². The van der Waals surface area contributed by atoms with Gasteiger partial charge in [-0.1, -0.05) is 330 Å². The minimum atomic E-state index is -0.763. The number of ether oxygens (including phenoxy) is 3. The molecular formula is C65H126O6. The van der Waals surface area contributed by atoms with Crippen molar-refractivity contribution in [3.8, 4) is 0 Å². The van der Waals surface area contributed by atoms with Crippen LogP contribution in [0.25, 0.3) is 0 Å². The molecule has 71 heavy (non-hydrogen) atoms. The van der Waals surface area contributed by atoms with Gasteiger partial charge in [0.05, 0.1) is 0 Å². The van der Waals surface area contributed by atoms with Gasteiger partial charge in [0, 0.05) is 19.3 Å². The van der Waals surface area contributed by atoms with E-state index in [0.29, 0.717) is 19.3 Å². The van der Waals surface area contributed by atoms with Crippen LogP contribution >= 0.6 is 0 Å². The van der Waals surface area contributed by atoms with Crippen LogP contribution in [0.2, 0.25) is 0 Å². The lowest BCUT2D eigenvalue weighted by Crippen LogP contribution is -2.30. The molecular weight excluding hydrogens is 877 g/mol. The van der Waals surface area contributed by atoms with E-state index in [1.165, 1.54) is 257 Å². The zero-order valence-electron chi connectivity index (χ0n) is 48.9. The Bertz CT molecular complexity index is 1090. The summed E-state index contributed by atoms with van der Waals surface area (Å²) in [4.78, 5) is 38.3. The highest BCUT2D eigenvalue weighted by molar-refractivity contribution is 5.71. The second-order valence-electron chi connectivity index (χ2n) is 23.1. The fraction of sp³-hybridized carbons (Fsp3) is 0.954. The van der Waals surface area contributed by atoms with Gasteiger partial charge in [0.15, 0.2) is 6.10 Å². The fourth-order valence-corrected chi connectivity index (χ4v) is 10.1. The molecule has 2 atom stereocenters. The van der Waals surface area contributed by atoms with Gasteiger partial charge in [0.25, 0.3) is 0 Å². The first-order valence-electron chi connectivity index (χ1n) is 32.3. The highest BCUT2D eigenvalue weighted by atomic mass is 16.6. The summed E-state index contributed by atoms with van der Waals surface area (Å²) in [5.41, 5.74) is 0. The van der Waals surface area contributed by atoms with E-state index in [2.05, 4.69) is 34.6 Å². The number of hydrogen-bond acceptors (Lipinski definition) is 6. The van der Waals surface area contributed by atoms with Crippen LogP contribution in [0, 0.1) is 11.8 Å². The first kappa shape index (κ1) is 69.4. The molecule has 0 heterocycles. The van der Waals surface area contributed by atoms with Crippen molar-refractivity contribution in [3.05, 3.63) is 0 Å². The van der Waals surface area contributed by atoms with Crippen LogP contribution in [0.15, 0.2) is 0 Å². The molecule has 0 aliphatic heterocycles. The van der Waals surface area contributed by atoms with Gasteiger partial charge in [-0.3, -0.25) is 14.4 Å². The fourth-order valence-electron chi connectivity index (χ4n) is 10.1. The van der Waals surface area contributed by atoms with Gasteiger partial charge in [0.2, 0.25) is 0 Å². The zero-order valence-corrected chi connectivity index (χ0v) is 48.9. The smallest absolute Gasteiger partial charge is 0.306 e. The third-order valence-corrected chi connectivity index (χ3v) is 15.3. The maximum absolute atomic E-state index is 12.9. The number of carbonyl (C=O) groups excluding carboxylic acids is 3. The summed E-state index contributed by atoms with van der Waals surface area (Å²) in [5, 5.41) is 0. The van der Waals surface area contributed by atoms with Crippen LogP contribution in [-0.2, 0) is 28.6 Å². The maximum Gasteiger partial charge on any atom is 0.306 e. The summed E-state index contributed by atoms with van der Waals surface area (Å²) in [7, 11) is 0. The van der Waals surface area contributed by atoms with E-state index in [9.17, 15) is 14.4 Å². The Morgan fingerprint density at radius 3 is 0.803 bits per heavy atom. The molecule has 6 heteroatoms. The summed E-state index contributed by atoms with van der Waals surface area (Å²) in [6.07, 6.45) is 63.8. The Hall–Kier alpha value is -1.59. The van der Waals surface area contributed by atoms with Crippen molar-refractivity contribution in [2.75, 3.05) is 13.2 Å². The number of hydrogen-bond donors (Lipinski definition) is 0. The van der Waals surface area contributed by atoms with Crippen molar-refractivity contribution >= 4 is 17.9 Å². The largest absolute Gasteiger partial charge is 0.462 e. The molecule has 1 unspecified atom stereocenters. The Kier molecular flexibility index (Phi) is 56.4. The van der Waals surface area contributed by atoms with E-state index in [1.54, 1.807) is 0 Å². The molecule has 0 aromatic heterocycles. The predicted octanol–water partition coefficient (Wildman–Crippen LogP) is 21.6. The van der Waals surface area contributed by atoms with Crippen LogP contribution in [-0.4, -0.2) is 37.2 Å². The van der Waals surface area contributed by atoms with Crippen molar-refractivity contribution in [1.29, 1.82) is 0 Å². The van der Waals surface area contributed by atoms with Crippen LogP contribution in [0.1, 0.15) is 369 Å². The second-order valence-corrected chi connectivity index (χ2v) is 23.1. The lowest BCUT2D eigenvalue weighted by Gasteiger charge is -2.18. The summed E-state index contributed by atoms with van der Waals surface area (Å²) in [6.45, 7) is 11.5. The first-order valence-corrected chi connectivity index (χ1v) is 32.3. The molecule has 0 bridgehead atoms. The molecule has 0 rings (SSSR count). The van der Waals surface area contributed by atoms with Gasteiger partial charge < -0.3 is 14.2 Å². The van der Waals surface area contributed by atoms with Gasteiger partial charge in [-0.25, -0.2) is 0 Å². The van der Waals surface area contributed by atoms with E-state index in [0.717, 1.165) is 69.6 Å². The van der Waals surface area contributed by atoms with Gasteiger partial charge >= 0.3 is 17.9 Å². The summed E-state index contributed by atoms with van der Waals surface area (Å²) < 4.78 is 17.0. The molecule has 0 aliphatic carbocycles. The van der Waals surface area contributed by atoms with Gasteiger partial charge in [-0.05, 0) is 31.1 Å². The number of esters is 3. The van der Waals surface area contributed by atoms with E-state index in [-0.39, 0.29) is 31.1 Å². The molecule has 0 aliphatic rings. The van der Waals surface area contributed by atoms with Crippen LogP contribution < -0.4 is 0 Å². The average Bonchev–Trinajstić information content (AvgIpc) is 3.36. The first-order chi connectivity index (χ1) is 34.8. The van der Waals surface area contributed by atoms with E-state index < -0.39 is 6.10 Å². The topological polar surface area (TPSA) is 78.9 Å². The molecule has 0 saturated heterocycles. The molecule has 0 aromatic rings. The van der Waals surface area contributed by atoms with E-state index in [4.69, 9.17) is 14.2 Å². The van der Waals surface area contributed by atoms with E-state index in [1.807, 2.05) is 0 Å². The molecule has 0 amide bonds. The summed E-state index contributed by atoms with van der Waals surface area (Å²) in [5.74, 6) is 0.913. The number of rotatable bonds is 59. The van der Waals surface area contributed by atoms with Gasteiger partial charge in [-0.2, -0.15) is 0 Å². The normalized spacial score (nSPS) is 12.4. The monoisotopic (exact) mass is 1000 g/mol. The third kappa shape index (κ3) is 57.5. The number of carbonyl (C=O) groups is 3. The molecule has 0 spiro atoms. The highest BCUT2D eigenvalue weighted by Crippen LogP contribution is 2.19. The van der Waals surface area contributed by atoms with Crippen LogP contribution in [0.3, 0.4) is 0 Å². The summed E-state index contributed by atoms with van der Waals surface area (Å²) >= 11 is 0. The van der Waals surface area contributed by atoms with Crippen LogP contribution in [0.4, 0.5) is 0 Å². The molecule has 0 fully saturated rings. The molecule has 422 valence electrons. The number of unbranched alkanes of at least 4 members (excludes halogenated alkanes) is 43. The Labute approximate surface area is 444 Å². The molecule has 0 radical (unpaired) electrons. The Balaban J connectivity index is 4.25. The van der Waals surface area contributed by atoms with Crippen LogP contribution in [0.5, 0.6) is 0 Å².